The third kappa shape index (κ3) is 7.04. The molecule has 0 spiro atoms. The number of unbranched alkanes of at least 4 members (excludes halogenated alkanes) is 1. The zero-order valence-corrected chi connectivity index (χ0v) is 10.9. The van der Waals surface area contributed by atoms with Crippen molar-refractivity contribution in [2.45, 2.75) is 44.0 Å². The molecule has 0 saturated heterocycles. The van der Waals surface area contributed by atoms with E-state index in [0.717, 1.165) is 25.7 Å². The minimum atomic E-state index is -0.503. The average molecular weight is 251 g/mol. The zero-order chi connectivity index (χ0) is 12.4. The highest BCUT2D eigenvalue weighted by atomic mass is 35.5. The maximum absolute atomic E-state index is 11.4. The maximum Gasteiger partial charge on any atom is 0.239 e. The van der Waals surface area contributed by atoms with E-state index in [1.807, 2.05) is 0 Å². The summed E-state index contributed by atoms with van der Waals surface area (Å²) in [4.78, 5) is 11.4. The number of hydrogen-bond donors (Lipinski definition) is 3. The molecule has 0 heterocycles. The summed E-state index contributed by atoms with van der Waals surface area (Å²) < 4.78 is 0. The van der Waals surface area contributed by atoms with Crippen LogP contribution in [0.1, 0.15) is 32.6 Å². The molecule has 0 aliphatic heterocycles. The Kier molecular flexibility index (Phi) is 9.68. The van der Waals surface area contributed by atoms with Gasteiger partial charge in [0.25, 0.3) is 0 Å². The topological polar surface area (TPSA) is 61.4 Å². The van der Waals surface area contributed by atoms with Gasteiger partial charge < -0.3 is 15.7 Å². The summed E-state index contributed by atoms with van der Waals surface area (Å²) in [5.41, 5.74) is 0. The van der Waals surface area contributed by atoms with Gasteiger partial charge in [-0.05, 0) is 26.3 Å². The average Bonchev–Trinajstić information content (AvgIpc) is 2.29. The van der Waals surface area contributed by atoms with Crippen molar-refractivity contribution in [2.75, 3.05) is 20.2 Å². The standard InChI is InChI=1S/C11H23ClN2O2/c1-3-9(12)6-4-5-7-14-11(16)10(8-15)13-2/h9-10,13,15H,3-8H2,1-2H3,(H,14,16). The van der Waals surface area contributed by atoms with Crippen LogP contribution in [-0.4, -0.2) is 42.6 Å². The fourth-order valence-electron chi connectivity index (χ4n) is 1.34. The van der Waals surface area contributed by atoms with Crippen molar-refractivity contribution in [1.82, 2.24) is 10.6 Å². The number of amides is 1. The molecule has 4 nitrogen and oxygen atoms in total. The van der Waals surface area contributed by atoms with E-state index in [9.17, 15) is 4.79 Å². The summed E-state index contributed by atoms with van der Waals surface area (Å²) in [5, 5.41) is 14.6. The summed E-state index contributed by atoms with van der Waals surface area (Å²) in [5.74, 6) is -0.150. The smallest absolute Gasteiger partial charge is 0.239 e. The van der Waals surface area contributed by atoms with Crippen LogP contribution in [-0.2, 0) is 4.79 Å². The monoisotopic (exact) mass is 250 g/mol. The van der Waals surface area contributed by atoms with Crippen molar-refractivity contribution in [3.63, 3.8) is 0 Å². The second-order valence-electron chi connectivity index (χ2n) is 3.82. The number of rotatable bonds is 9. The molecule has 0 aromatic carbocycles. The van der Waals surface area contributed by atoms with Crippen molar-refractivity contribution in [3.05, 3.63) is 0 Å². The number of carbonyl (C=O) groups is 1. The highest BCUT2D eigenvalue weighted by Gasteiger charge is 2.13. The second-order valence-corrected chi connectivity index (χ2v) is 4.43. The molecule has 0 fully saturated rings. The van der Waals surface area contributed by atoms with Crippen LogP contribution in [0.25, 0.3) is 0 Å². The number of hydrogen-bond acceptors (Lipinski definition) is 3. The van der Waals surface area contributed by atoms with Crippen molar-refractivity contribution in [1.29, 1.82) is 0 Å². The Morgan fingerprint density at radius 3 is 2.62 bits per heavy atom. The number of likely N-dealkylation sites (N-methyl/N-ethyl adjacent to an activating group) is 1. The van der Waals surface area contributed by atoms with E-state index in [2.05, 4.69) is 17.6 Å². The van der Waals surface area contributed by atoms with Crippen LogP contribution in [0, 0.1) is 0 Å². The van der Waals surface area contributed by atoms with Crippen LogP contribution in [0.5, 0.6) is 0 Å². The van der Waals surface area contributed by atoms with Gasteiger partial charge in [0.15, 0.2) is 0 Å². The molecule has 96 valence electrons. The first kappa shape index (κ1) is 15.7. The van der Waals surface area contributed by atoms with Gasteiger partial charge in [-0.2, -0.15) is 0 Å². The molecule has 0 rings (SSSR count). The molecule has 0 aliphatic rings. The van der Waals surface area contributed by atoms with E-state index < -0.39 is 6.04 Å². The van der Waals surface area contributed by atoms with Gasteiger partial charge in [-0.1, -0.05) is 13.3 Å². The molecular formula is C11H23ClN2O2. The maximum atomic E-state index is 11.4. The minimum Gasteiger partial charge on any atom is -0.394 e. The van der Waals surface area contributed by atoms with Crippen LogP contribution in [0.4, 0.5) is 0 Å². The van der Waals surface area contributed by atoms with Gasteiger partial charge in [-0.3, -0.25) is 4.79 Å². The van der Waals surface area contributed by atoms with Gasteiger partial charge in [-0.15, -0.1) is 11.6 Å². The number of carbonyl (C=O) groups excluding carboxylic acids is 1. The van der Waals surface area contributed by atoms with Crippen LogP contribution in [0.15, 0.2) is 0 Å². The number of aliphatic hydroxyl groups is 1. The Labute approximate surface area is 103 Å². The Bertz CT molecular complexity index is 187. The van der Waals surface area contributed by atoms with Gasteiger partial charge in [0.2, 0.25) is 5.91 Å². The lowest BCUT2D eigenvalue weighted by Crippen LogP contribution is -2.45. The predicted octanol–water partition coefficient (Wildman–Crippen LogP) is 0.871. The first-order valence-corrected chi connectivity index (χ1v) is 6.29. The Balaban J connectivity index is 3.47. The van der Waals surface area contributed by atoms with Gasteiger partial charge in [-0.25, -0.2) is 0 Å². The SMILES string of the molecule is CCC(Cl)CCCCNC(=O)C(CO)NC. The van der Waals surface area contributed by atoms with Crippen molar-refractivity contribution in [2.24, 2.45) is 0 Å². The third-order valence-corrected chi connectivity index (χ3v) is 3.06. The minimum absolute atomic E-state index is 0.150. The van der Waals surface area contributed by atoms with E-state index in [0.29, 0.717) is 6.54 Å². The molecule has 0 aromatic rings. The van der Waals surface area contributed by atoms with E-state index >= 15 is 0 Å². The largest absolute Gasteiger partial charge is 0.394 e. The van der Waals surface area contributed by atoms with E-state index in [-0.39, 0.29) is 17.9 Å². The summed E-state index contributed by atoms with van der Waals surface area (Å²) in [6.07, 6.45) is 3.92. The van der Waals surface area contributed by atoms with Gasteiger partial charge in [0.1, 0.15) is 6.04 Å². The van der Waals surface area contributed by atoms with E-state index in [1.165, 1.54) is 0 Å². The lowest BCUT2D eigenvalue weighted by atomic mass is 10.1. The zero-order valence-electron chi connectivity index (χ0n) is 10.1. The predicted molar refractivity (Wildman–Crippen MR) is 66.7 cm³/mol. The van der Waals surface area contributed by atoms with Gasteiger partial charge in [0.05, 0.1) is 6.61 Å². The highest BCUT2D eigenvalue weighted by Crippen LogP contribution is 2.10. The molecule has 0 aliphatic carbocycles. The molecular weight excluding hydrogens is 228 g/mol. The van der Waals surface area contributed by atoms with Crippen LogP contribution in [0.3, 0.4) is 0 Å². The van der Waals surface area contributed by atoms with Crippen molar-refractivity contribution in [3.8, 4) is 0 Å². The Morgan fingerprint density at radius 1 is 1.44 bits per heavy atom. The number of alkyl halides is 1. The number of aliphatic hydroxyl groups excluding tert-OH is 1. The molecule has 0 saturated carbocycles. The normalized spacial score (nSPS) is 14.5. The third-order valence-electron chi connectivity index (χ3n) is 2.53. The Morgan fingerprint density at radius 2 is 2.12 bits per heavy atom. The molecule has 0 radical (unpaired) electrons. The quantitative estimate of drug-likeness (QED) is 0.420. The molecule has 16 heavy (non-hydrogen) atoms. The fourth-order valence-corrected chi connectivity index (χ4v) is 1.49. The molecule has 1 amide bonds. The van der Waals surface area contributed by atoms with Gasteiger partial charge in [0, 0.05) is 11.9 Å². The van der Waals surface area contributed by atoms with Crippen LogP contribution in [0.2, 0.25) is 0 Å². The van der Waals surface area contributed by atoms with E-state index in [4.69, 9.17) is 16.7 Å². The second kappa shape index (κ2) is 9.87. The first-order chi connectivity index (χ1) is 7.65. The van der Waals surface area contributed by atoms with E-state index in [1.54, 1.807) is 7.05 Å². The number of nitrogens with one attached hydrogen (secondary N) is 2. The first-order valence-electron chi connectivity index (χ1n) is 5.85. The molecule has 0 bridgehead atoms. The van der Waals surface area contributed by atoms with Crippen molar-refractivity contribution >= 4 is 17.5 Å². The summed E-state index contributed by atoms with van der Waals surface area (Å²) >= 11 is 5.97. The van der Waals surface area contributed by atoms with Crippen molar-refractivity contribution < 1.29 is 9.90 Å². The number of halogens is 1. The highest BCUT2D eigenvalue weighted by molar-refractivity contribution is 6.20. The molecule has 2 unspecified atom stereocenters. The summed E-state index contributed by atoms with van der Waals surface area (Å²) in [7, 11) is 1.65. The lowest BCUT2D eigenvalue weighted by Gasteiger charge is -2.13. The summed E-state index contributed by atoms with van der Waals surface area (Å²) in [6.45, 7) is 2.53. The fraction of sp³-hybridized carbons (Fsp3) is 0.909. The molecule has 2 atom stereocenters. The lowest BCUT2D eigenvalue weighted by molar-refractivity contribution is -0.123. The Hall–Kier alpha value is -0.320. The molecule has 0 aromatic heterocycles. The van der Waals surface area contributed by atoms with Crippen LogP contribution < -0.4 is 10.6 Å². The van der Waals surface area contributed by atoms with Crippen LogP contribution >= 0.6 is 11.6 Å². The molecule has 5 heteroatoms. The van der Waals surface area contributed by atoms with Gasteiger partial charge >= 0.3 is 0 Å². The molecule has 3 N–H and O–H groups in total. The summed E-state index contributed by atoms with van der Waals surface area (Å²) in [6, 6.07) is -0.503.